The summed E-state index contributed by atoms with van der Waals surface area (Å²) >= 11 is 6.27. The third kappa shape index (κ3) is 6.01. The molecule has 0 bridgehead atoms. The number of hydrogen-bond acceptors (Lipinski definition) is 5. The minimum atomic E-state index is 0.00930. The van der Waals surface area contributed by atoms with Crippen molar-refractivity contribution in [2.75, 3.05) is 13.1 Å². The van der Waals surface area contributed by atoms with Crippen molar-refractivity contribution in [1.82, 2.24) is 19.9 Å². The van der Waals surface area contributed by atoms with Crippen LogP contribution >= 0.6 is 11.6 Å². The lowest BCUT2D eigenvalue weighted by atomic mass is 9.94. The molecule has 0 aliphatic carbocycles. The smallest absolute Gasteiger partial charge is 0.241 e. The Morgan fingerprint density at radius 2 is 1.47 bits per heavy atom. The van der Waals surface area contributed by atoms with Gasteiger partial charge in [-0.15, -0.1) is 0 Å². The monoisotopic (exact) mass is 500 g/mol. The van der Waals surface area contributed by atoms with Crippen molar-refractivity contribution in [3.63, 3.8) is 0 Å². The second kappa shape index (κ2) is 11.5. The van der Waals surface area contributed by atoms with Gasteiger partial charge in [0.05, 0.1) is 11.6 Å². The van der Waals surface area contributed by atoms with Crippen LogP contribution in [0.4, 0.5) is 0 Å². The molecule has 1 aromatic heterocycles. The number of nitrogens with zero attached hydrogens (tertiary/aromatic N) is 4. The van der Waals surface area contributed by atoms with Gasteiger partial charge in [-0.25, -0.2) is 0 Å². The first-order chi connectivity index (χ1) is 17.7. The van der Waals surface area contributed by atoms with E-state index in [1.54, 1.807) is 0 Å². The number of carbonyl (C=O) groups excluding carboxylic acids is 1. The molecule has 6 nitrogen and oxygen atoms in total. The van der Waals surface area contributed by atoms with E-state index in [1.165, 1.54) is 0 Å². The van der Waals surface area contributed by atoms with Gasteiger partial charge in [0.25, 0.3) is 0 Å². The molecule has 7 heteroatoms. The third-order valence-corrected chi connectivity index (χ3v) is 6.95. The SMILES string of the molecule is O=C(C1CCN(Cc2nc(-c3ccccc3Cl)no2)CC1)N(Cc1ccccc1)Cc1ccccc1. The first-order valence-electron chi connectivity index (χ1n) is 12.3. The Bertz CT molecular complexity index is 1230. The molecule has 0 N–H and O–H groups in total. The van der Waals surface area contributed by atoms with Crippen molar-refractivity contribution in [2.45, 2.75) is 32.5 Å². The number of piperidine rings is 1. The summed E-state index contributed by atoms with van der Waals surface area (Å²) in [5.41, 5.74) is 3.05. The highest BCUT2D eigenvalue weighted by molar-refractivity contribution is 6.33. The predicted molar refractivity (Wildman–Crippen MR) is 140 cm³/mol. The molecule has 5 rings (SSSR count). The molecule has 184 valence electrons. The first-order valence-corrected chi connectivity index (χ1v) is 12.7. The summed E-state index contributed by atoms with van der Waals surface area (Å²) in [5, 5.41) is 4.70. The minimum absolute atomic E-state index is 0.00930. The van der Waals surface area contributed by atoms with Gasteiger partial charge >= 0.3 is 0 Å². The molecular formula is C29H29ClN4O2. The molecule has 1 fully saturated rings. The number of likely N-dealkylation sites (tertiary alicyclic amines) is 1. The van der Waals surface area contributed by atoms with E-state index in [0.29, 0.717) is 36.4 Å². The lowest BCUT2D eigenvalue weighted by Crippen LogP contribution is -2.42. The summed E-state index contributed by atoms with van der Waals surface area (Å²) < 4.78 is 5.49. The van der Waals surface area contributed by atoms with Crippen LogP contribution in [0.1, 0.15) is 29.9 Å². The van der Waals surface area contributed by atoms with Crippen molar-refractivity contribution < 1.29 is 9.32 Å². The number of rotatable bonds is 8. The van der Waals surface area contributed by atoms with Crippen molar-refractivity contribution in [3.05, 3.63) is 107 Å². The average molecular weight is 501 g/mol. The molecule has 0 unspecified atom stereocenters. The zero-order chi connectivity index (χ0) is 24.7. The largest absolute Gasteiger partial charge is 0.338 e. The molecule has 0 radical (unpaired) electrons. The molecule has 1 aliphatic rings. The highest BCUT2D eigenvalue weighted by Gasteiger charge is 2.29. The van der Waals surface area contributed by atoms with Crippen LogP contribution in [-0.2, 0) is 24.4 Å². The van der Waals surface area contributed by atoms with Gasteiger partial charge in [-0.2, -0.15) is 4.98 Å². The second-order valence-corrected chi connectivity index (χ2v) is 9.61. The van der Waals surface area contributed by atoms with Crippen molar-refractivity contribution in [1.29, 1.82) is 0 Å². The van der Waals surface area contributed by atoms with Crippen molar-refractivity contribution >= 4 is 17.5 Å². The fraction of sp³-hybridized carbons (Fsp3) is 0.276. The summed E-state index contributed by atoms with van der Waals surface area (Å²) in [6, 6.07) is 27.9. The van der Waals surface area contributed by atoms with Crippen LogP contribution in [0.15, 0.2) is 89.5 Å². The van der Waals surface area contributed by atoms with Gasteiger partial charge in [-0.1, -0.05) is 89.6 Å². The molecule has 0 spiro atoms. The molecule has 4 aromatic rings. The molecule has 2 heterocycles. The van der Waals surface area contributed by atoms with E-state index in [2.05, 4.69) is 39.3 Å². The summed E-state index contributed by atoms with van der Waals surface area (Å²) in [6.45, 7) is 3.41. The van der Waals surface area contributed by atoms with Gasteiger partial charge in [0.2, 0.25) is 17.6 Å². The quantitative estimate of drug-likeness (QED) is 0.304. The molecule has 0 saturated carbocycles. The van der Waals surface area contributed by atoms with Crippen molar-refractivity contribution in [3.8, 4) is 11.4 Å². The summed E-state index contributed by atoms with van der Waals surface area (Å²) in [4.78, 5) is 22.4. The molecule has 3 aromatic carbocycles. The number of benzene rings is 3. The van der Waals surface area contributed by atoms with E-state index in [9.17, 15) is 4.79 Å². The van der Waals surface area contributed by atoms with Crippen LogP contribution in [0.5, 0.6) is 0 Å². The maximum absolute atomic E-state index is 13.6. The molecule has 1 aliphatic heterocycles. The van der Waals surface area contributed by atoms with Crippen LogP contribution in [-0.4, -0.2) is 38.9 Å². The lowest BCUT2D eigenvalue weighted by molar-refractivity contribution is -0.138. The fourth-order valence-electron chi connectivity index (χ4n) is 4.68. The van der Waals surface area contributed by atoms with Crippen molar-refractivity contribution in [2.24, 2.45) is 5.92 Å². The Kier molecular flexibility index (Phi) is 7.74. The Labute approximate surface area is 216 Å². The number of halogens is 1. The van der Waals surface area contributed by atoms with Gasteiger partial charge in [0.1, 0.15) is 0 Å². The lowest BCUT2D eigenvalue weighted by Gasteiger charge is -2.34. The predicted octanol–water partition coefficient (Wildman–Crippen LogP) is 5.83. The van der Waals surface area contributed by atoms with E-state index < -0.39 is 0 Å². The first kappa shape index (κ1) is 24.2. The summed E-state index contributed by atoms with van der Waals surface area (Å²) in [7, 11) is 0. The molecule has 1 amide bonds. The van der Waals surface area contributed by atoms with Crippen LogP contribution in [0.3, 0.4) is 0 Å². The summed E-state index contributed by atoms with van der Waals surface area (Å²) in [6.07, 6.45) is 1.62. The number of amides is 1. The Hall–Kier alpha value is -3.48. The van der Waals surface area contributed by atoms with E-state index in [1.807, 2.05) is 65.6 Å². The molecule has 1 saturated heterocycles. The molecule has 0 atom stereocenters. The molecular weight excluding hydrogens is 472 g/mol. The number of carbonyl (C=O) groups is 1. The maximum atomic E-state index is 13.6. The van der Waals surface area contributed by atoms with Gasteiger partial charge in [0.15, 0.2) is 0 Å². The highest BCUT2D eigenvalue weighted by atomic mass is 35.5. The van der Waals surface area contributed by atoms with E-state index >= 15 is 0 Å². The second-order valence-electron chi connectivity index (χ2n) is 9.21. The Balaban J connectivity index is 1.20. The number of hydrogen-bond donors (Lipinski definition) is 0. The van der Waals surface area contributed by atoms with Gasteiger partial charge in [0, 0.05) is 24.6 Å². The maximum Gasteiger partial charge on any atom is 0.241 e. The van der Waals surface area contributed by atoms with Crippen LogP contribution in [0, 0.1) is 5.92 Å². The third-order valence-electron chi connectivity index (χ3n) is 6.62. The summed E-state index contributed by atoms with van der Waals surface area (Å²) in [5.74, 6) is 1.29. The van der Waals surface area contributed by atoms with Crippen LogP contribution < -0.4 is 0 Å². The van der Waals surface area contributed by atoms with Gasteiger partial charge in [-0.3, -0.25) is 9.69 Å². The van der Waals surface area contributed by atoms with Gasteiger partial charge < -0.3 is 9.42 Å². The van der Waals surface area contributed by atoms with Gasteiger partial charge in [-0.05, 0) is 49.2 Å². The zero-order valence-electron chi connectivity index (χ0n) is 20.1. The minimum Gasteiger partial charge on any atom is -0.338 e. The topological polar surface area (TPSA) is 62.5 Å². The van der Waals surface area contributed by atoms with E-state index in [0.717, 1.165) is 42.6 Å². The Morgan fingerprint density at radius 3 is 2.08 bits per heavy atom. The number of aromatic nitrogens is 2. The zero-order valence-corrected chi connectivity index (χ0v) is 20.8. The average Bonchev–Trinajstić information content (AvgIpc) is 3.38. The standard InChI is InChI=1S/C29H29ClN4O2/c30-26-14-8-7-13-25(26)28-31-27(36-32-28)21-33-17-15-24(16-18-33)29(35)34(19-22-9-3-1-4-10-22)20-23-11-5-2-6-12-23/h1-14,24H,15-21H2. The van der Waals surface area contributed by atoms with Crippen LogP contribution in [0.2, 0.25) is 5.02 Å². The Morgan fingerprint density at radius 1 is 0.889 bits per heavy atom. The fourth-order valence-corrected chi connectivity index (χ4v) is 4.90. The van der Waals surface area contributed by atoms with E-state index in [-0.39, 0.29) is 11.8 Å². The highest BCUT2D eigenvalue weighted by Crippen LogP contribution is 2.26. The normalized spacial score (nSPS) is 14.6. The van der Waals surface area contributed by atoms with Crippen LogP contribution in [0.25, 0.3) is 11.4 Å². The molecule has 36 heavy (non-hydrogen) atoms. The van der Waals surface area contributed by atoms with E-state index in [4.69, 9.17) is 16.1 Å².